The summed E-state index contributed by atoms with van der Waals surface area (Å²) in [5.74, 6) is -0.738. The van der Waals surface area contributed by atoms with Crippen LogP contribution in [0.2, 0.25) is 0 Å². The van der Waals surface area contributed by atoms with E-state index in [2.05, 4.69) is 17.4 Å². The molecular weight excluding hydrogens is 278 g/mol. The Hall–Kier alpha value is -1.84. The van der Waals surface area contributed by atoms with Gasteiger partial charge in [-0.25, -0.2) is 0 Å². The van der Waals surface area contributed by atoms with Crippen molar-refractivity contribution in [1.82, 2.24) is 5.32 Å². The largest absolute Gasteiger partial charge is 0.469 e. The van der Waals surface area contributed by atoms with Crippen LogP contribution in [0.15, 0.2) is 30.3 Å². The Labute approximate surface area is 132 Å². The van der Waals surface area contributed by atoms with Crippen LogP contribution in [0.5, 0.6) is 0 Å². The fourth-order valence-electron chi connectivity index (χ4n) is 3.16. The van der Waals surface area contributed by atoms with Crippen molar-refractivity contribution in [2.24, 2.45) is 11.8 Å². The molecule has 4 heteroatoms. The molecule has 120 valence electrons. The van der Waals surface area contributed by atoms with E-state index in [1.165, 1.54) is 12.7 Å². The molecule has 2 rings (SSSR count). The molecule has 1 aromatic rings. The molecule has 1 aliphatic rings. The third-order valence-electron chi connectivity index (χ3n) is 4.39. The lowest BCUT2D eigenvalue weighted by atomic mass is 9.78. The molecule has 0 aromatic heterocycles. The lowest BCUT2D eigenvalue weighted by Gasteiger charge is -2.28. The van der Waals surface area contributed by atoms with Gasteiger partial charge in [0.25, 0.3) is 0 Å². The first-order valence-corrected chi connectivity index (χ1v) is 8.12. The highest BCUT2D eigenvalue weighted by atomic mass is 16.5. The molecule has 1 aromatic carbocycles. The fraction of sp³-hybridized carbons (Fsp3) is 0.556. The van der Waals surface area contributed by atoms with Crippen LogP contribution in [-0.2, 0) is 20.7 Å². The van der Waals surface area contributed by atoms with Crippen molar-refractivity contribution in [3.63, 3.8) is 0 Å². The number of nitrogens with one attached hydrogen (secondary N) is 1. The van der Waals surface area contributed by atoms with Crippen LogP contribution in [0.4, 0.5) is 0 Å². The molecule has 4 nitrogen and oxygen atoms in total. The summed E-state index contributed by atoms with van der Waals surface area (Å²) in [6.07, 6.45) is 5.41. The number of ether oxygens (including phenoxy) is 1. The normalized spacial score (nSPS) is 21.1. The first kappa shape index (κ1) is 16.5. The zero-order valence-corrected chi connectivity index (χ0v) is 13.2. The highest BCUT2D eigenvalue weighted by Gasteiger charge is 2.36. The lowest BCUT2D eigenvalue weighted by Crippen LogP contribution is -2.40. The van der Waals surface area contributed by atoms with Gasteiger partial charge in [0.15, 0.2) is 0 Å². The molecule has 22 heavy (non-hydrogen) atoms. The van der Waals surface area contributed by atoms with Crippen molar-refractivity contribution < 1.29 is 14.3 Å². The monoisotopic (exact) mass is 303 g/mol. The minimum Gasteiger partial charge on any atom is -0.469 e. The lowest BCUT2D eigenvalue weighted by molar-refractivity contribution is -0.152. The third-order valence-corrected chi connectivity index (χ3v) is 4.39. The first-order valence-electron chi connectivity index (χ1n) is 8.12. The van der Waals surface area contributed by atoms with Crippen LogP contribution in [0.3, 0.4) is 0 Å². The van der Waals surface area contributed by atoms with Gasteiger partial charge < -0.3 is 10.1 Å². The van der Waals surface area contributed by atoms with Gasteiger partial charge in [-0.1, -0.05) is 43.2 Å². The molecule has 0 heterocycles. The highest BCUT2D eigenvalue weighted by molar-refractivity contribution is 5.85. The second kappa shape index (κ2) is 8.57. The van der Waals surface area contributed by atoms with Crippen molar-refractivity contribution in [2.45, 2.75) is 38.5 Å². The molecule has 2 unspecified atom stereocenters. The Kier molecular flexibility index (Phi) is 6.44. The van der Waals surface area contributed by atoms with Crippen molar-refractivity contribution >= 4 is 11.9 Å². The molecular formula is C18H25NO3. The Morgan fingerprint density at radius 3 is 2.50 bits per heavy atom. The molecule has 1 saturated carbocycles. The molecule has 0 aliphatic heterocycles. The number of benzene rings is 1. The maximum atomic E-state index is 12.3. The van der Waals surface area contributed by atoms with E-state index in [0.29, 0.717) is 6.54 Å². The minimum atomic E-state index is -0.270. The smallest absolute Gasteiger partial charge is 0.309 e. The predicted octanol–water partition coefficient (Wildman–Crippen LogP) is 2.71. The van der Waals surface area contributed by atoms with Crippen LogP contribution in [-0.4, -0.2) is 25.5 Å². The van der Waals surface area contributed by atoms with Crippen molar-refractivity contribution in [2.75, 3.05) is 13.7 Å². The summed E-state index contributed by atoms with van der Waals surface area (Å²) in [6.45, 7) is 0.651. The zero-order valence-electron chi connectivity index (χ0n) is 13.2. The van der Waals surface area contributed by atoms with Gasteiger partial charge in [0.1, 0.15) is 0 Å². The van der Waals surface area contributed by atoms with Gasteiger partial charge in [0.05, 0.1) is 18.9 Å². The summed E-state index contributed by atoms with van der Waals surface area (Å²) in [6, 6.07) is 10.2. The van der Waals surface area contributed by atoms with E-state index in [-0.39, 0.29) is 23.7 Å². The van der Waals surface area contributed by atoms with Gasteiger partial charge in [-0.3, -0.25) is 9.59 Å². The van der Waals surface area contributed by atoms with E-state index in [4.69, 9.17) is 4.74 Å². The number of hydrogen-bond donors (Lipinski definition) is 1. The van der Waals surface area contributed by atoms with Crippen LogP contribution in [0, 0.1) is 11.8 Å². The van der Waals surface area contributed by atoms with E-state index >= 15 is 0 Å². The molecule has 1 fully saturated rings. The quantitative estimate of drug-likeness (QED) is 0.649. The van der Waals surface area contributed by atoms with E-state index in [1.807, 2.05) is 18.2 Å². The molecule has 0 radical (unpaired) electrons. The SMILES string of the molecule is COC(=O)C1CCCCC1C(=O)NCCCc1ccccc1. The maximum Gasteiger partial charge on any atom is 0.309 e. The molecule has 1 amide bonds. The summed E-state index contributed by atoms with van der Waals surface area (Å²) in [5.41, 5.74) is 1.28. The fourth-order valence-corrected chi connectivity index (χ4v) is 3.16. The second-order valence-corrected chi connectivity index (χ2v) is 5.90. The minimum absolute atomic E-state index is 0.00293. The van der Waals surface area contributed by atoms with Crippen LogP contribution < -0.4 is 5.32 Å². The molecule has 1 aliphatic carbocycles. The summed E-state index contributed by atoms with van der Waals surface area (Å²) in [4.78, 5) is 24.1. The molecule has 2 atom stereocenters. The molecule has 0 spiro atoms. The average Bonchev–Trinajstić information content (AvgIpc) is 2.58. The van der Waals surface area contributed by atoms with E-state index in [0.717, 1.165) is 38.5 Å². The first-order chi connectivity index (χ1) is 10.7. The predicted molar refractivity (Wildman–Crippen MR) is 85.2 cm³/mol. The van der Waals surface area contributed by atoms with E-state index in [9.17, 15) is 9.59 Å². The highest BCUT2D eigenvalue weighted by Crippen LogP contribution is 2.31. The molecule has 0 bridgehead atoms. The average molecular weight is 303 g/mol. The third kappa shape index (κ3) is 4.58. The van der Waals surface area contributed by atoms with Gasteiger partial charge in [0, 0.05) is 6.54 Å². The van der Waals surface area contributed by atoms with Gasteiger partial charge >= 0.3 is 5.97 Å². The number of hydrogen-bond acceptors (Lipinski definition) is 3. The Morgan fingerprint density at radius 1 is 1.14 bits per heavy atom. The van der Waals surface area contributed by atoms with Crippen molar-refractivity contribution in [1.29, 1.82) is 0 Å². The summed E-state index contributed by atoms with van der Waals surface area (Å²) in [5, 5.41) is 2.98. The second-order valence-electron chi connectivity index (χ2n) is 5.90. The number of methoxy groups -OCH3 is 1. The molecule has 1 N–H and O–H groups in total. The van der Waals surface area contributed by atoms with E-state index < -0.39 is 0 Å². The summed E-state index contributed by atoms with van der Waals surface area (Å²) >= 11 is 0. The van der Waals surface area contributed by atoms with Crippen molar-refractivity contribution in [3.05, 3.63) is 35.9 Å². The standard InChI is InChI=1S/C18H25NO3/c1-22-18(21)16-12-6-5-11-15(16)17(20)19-13-7-10-14-8-3-2-4-9-14/h2-4,8-9,15-16H,5-7,10-13H2,1H3,(H,19,20). The number of rotatable bonds is 6. The number of amides is 1. The van der Waals surface area contributed by atoms with Gasteiger partial charge in [-0.05, 0) is 31.2 Å². The van der Waals surface area contributed by atoms with Crippen LogP contribution in [0.1, 0.15) is 37.7 Å². The van der Waals surface area contributed by atoms with Crippen LogP contribution >= 0.6 is 0 Å². The van der Waals surface area contributed by atoms with Crippen LogP contribution in [0.25, 0.3) is 0 Å². The van der Waals surface area contributed by atoms with Gasteiger partial charge in [-0.2, -0.15) is 0 Å². The van der Waals surface area contributed by atoms with Gasteiger partial charge in [0.2, 0.25) is 5.91 Å². The Bertz CT molecular complexity index is 486. The van der Waals surface area contributed by atoms with E-state index in [1.54, 1.807) is 0 Å². The Balaban J connectivity index is 1.76. The number of esters is 1. The number of carbonyl (C=O) groups excluding carboxylic acids is 2. The summed E-state index contributed by atoms with van der Waals surface area (Å²) in [7, 11) is 1.39. The van der Waals surface area contributed by atoms with Gasteiger partial charge in [-0.15, -0.1) is 0 Å². The Morgan fingerprint density at radius 2 is 1.82 bits per heavy atom. The van der Waals surface area contributed by atoms with Crippen molar-refractivity contribution in [3.8, 4) is 0 Å². The summed E-state index contributed by atoms with van der Waals surface area (Å²) < 4.78 is 4.83. The topological polar surface area (TPSA) is 55.4 Å². The zero-order chi connectivity index (χ0) is 15.8. The maximum absolute atomic E-state index is 12.3. The number of aryl methyl sites for hydroxylation is 1. The molecule has 0 saturated heterocycles. The number of carbonyl (C=O) groups is 2.